The van der Waals surface area contributed by atoms with Gasteiger partial charge >= 0.3 is 0 Å². The van der Waals surface area contributed by atoms with Crippen molar-refractivity contribution >= 4 is 17.4 Å². The monoisotopic (exact) mass is 220 g/mol. The number of anilines is 1. The van der Waals surface area contributed by atoms with Crippen LogP contribution >= 0.6 is 11.6 Å². The Morgan fingerprint density at radius 1 is 1.27 bits per heavy atom. The number of aromatic nitrogens is 3. The molecule has 0 bridgehead atoms. The van der Waals surface area contributed by atoms with E-state index in [0.29, 0.717) is 17.5 Å². The van der Waals surface area contributed by atoms with E-state index in [-0.39, 0.29) is 0 Å². The van der Waals surface area contributed by atoms with Crippen LogP contribution in [0.1, 0.15) is 5.69 Å². The van der Waals surface area contributed by atoms with Gasteiger partial charge in [-0.25, -0.2) is 4.98 Å². The molecular formula is C10H9ClN4. The molecule has 2 aromatic heterocycles. The molecule has 2 aromatic rings. The van der Waals surface area contributed by atoms with Crippen LogP contribution in [0.2, 0.25) is 5.15 Å². The quantitative estimate of drug-likeness (QED) is 0.861. The van der Waals surface area contributed by atoms with E-state index < -0.39 is 0 Å². The van der Waals surface area contributed by atoms with Gasteiger partial charge < -0.3 is 5.32 Å². The third kappa shape index (κ3) is 2.89. The van der Waals surface area contributed by atoms with Crippen molar-refractivity contribution in [1.82, 2.24) is 15.0 Å². The molecule has 0 aromatic carbocycles. The summed E-state index contributed by atoms with van der Waals surface area (Å²) in [5, 5.41) is 3.46. The fraction of sp³-hybridized carbons (Fsp3) is 0.100. The van der Waals surface area contributed by atoms with Crippen LogP contribution < -0.4 is 5.32 Å². The summed E-state index contributed by atoms with van der Waals surface area (Å²) < 4.78 is 0. The van der Waals surface area contributed by atoms with Crippen molar-refractivity contribution < 1.29 is 0 Å². The predicted octanol–water partition coefficient (Wildman–Crippen LogP) is 2.14. The molecule has 0 aliphatic heterocycles. The summed E-state index contributed by atoms with van der Waals surface area (Å²) in [6.07, 6.45) is 4.86. The highest BCUT2D eigenvalue weighted by molar-refractivity contribution is 6.29. The zero-order valence-electron chi connectivity index (χ0n) is 7.89. The highest BCUT2D eigenvalue weighted by Crippen LogP contribution is 2.07. The molecule has 0 amide bonds. The Kier molecular flexibility index (Phi) is 3.09. The van der Waals surface area contributed by atoms with Crippen molar-refractivity contribution in [1.29, 1.82) is 0 Å². The highest BCUT2D eigenvalue weighted by atomic mass is 35.5. The second kappa shape index (κ2) is 4.70. The van der Waals surface area contributed by atoms with Gasteiger partial charge in [0.1, 0.15) is 11.0 Å². The van der Waals surface area contributed by atoms with Crippen LogP contribution in [0.3, 0.4) is 0 Å². The largest absolute Gasteiger partial charge is 0.363 e. The number of nitrogens with zero attached hydrogens (tertiary/aromatic N) is 3. The normalized spacial score (nSPS) is 9.93. The summed E-state index contributed by atoms with van der Waals surface area (Å²) in [6.45, 7) is 0.607. The second-order valence-corrected chi connectivity index (χ2v) is 3.29. The maximum Gasteiger partial charge on any atom is 0.149 e. The summed E-state index contributed by atoms with van der Waals surface area (Å²) >= 11 is 5.70. The van der Waals surface area contributed by atoms with Gasteiger partial charge in [0.2, 0.25) is 0 Å². The lowest BCUT2D eigenvalue weighted by Gasteiger charge is -2.03. The van der Waals surface area contributed by atoms with Crippen LogP contribution in [-0.4, -0.2) is 15.0 Å². The van der Waals surface area contributed by atoms with E-state index >= 15 is 0 Å². The van der Waals surface area contributed by atoms with E-state index in [1.807, 2.05) is 18.2 Å². The lowest BCUT2D eigenvalue weighted by molar-refractivity contribution is 1.02. The Morgan fingerprint density at radius 2 is 2.20 bits per heavy atom. The van der Waals surface area contributed by atoms with E-state index in [1.165, 1.54) is 6.20 Å². The molecule has 0 spiro atoms. The Bertz CT molecular complexity index is 432. The van der Waals surface area contributed by atoms with Crippen molar-refractivity contribution in [3.8, 4) is 0 Å². The Balaban J connectivity index is 1.99. The van der Waals surface area contributed by atoms with Crippen molar-refractivity contribution in [3.05, 3.63) is 47.6 Å². The average molecular weight is 221 g/mol. The van der Waals surface area contributed by atoms with Crippen LogP contribution in [0.4, 0.5) is 5.82 Å². The van der Waals surface area contributed by atoms with Crippen molar-refractivity contribution in [2.45, 2.75) is 6.54 Å². The Morgan fingerprint density at radius 3 is 2.93 bits per heavy atom. The van der Waals surface area contributed by atoms with Gasteiger partial charge in [-0.1, -0.05) is 17.7 Å². The molecule has 0 radical (unpaired) electrons. The summed E-state index contributed by atoms with van der Waals surface area (Å²) in [6, 6.07) is 5.75. The first-order valence-corrected chi connectivity index (χ1v) is 4.84. The fourth-order valence-electron chi connectivity index (χ4n) is 1.11. The number of halogens is 1. The zero-order chi connectivity index (χ0) is 10.5. The Hall–Kier alpha value is -1.68. The third-order valence-electron chi connectivity index (χ3n) is 1.78. The van der Waals surface area contributed by atoms with Crippen LogP contribution in [0.5, 0.6) is 0 Å². The van der Waals surface area contributed by atoms with E-state index in [0.717, 1.165) is 5.69 Å². The van der Waals surface area contributed by atoms with Gasteiger partial charge in [0.05, 0.1) is 24.6 Å². The molecule has 0 atom stereocenters. The lowest BCUT2D eigenvalue weighted by atomic mass is 10.3. The van der Waals surface area contributed by atoms with Gasteiger partial charge in [-0.15, -0.1) is 0 Å². The summed E-state index contributed by atoms with van der Waals surface area (Å²) in [5.41, 5.74) is 0.944. The molecule has 0 unspecified atom stereocenters. The molecule has 0 saturated carbocycles. The van der Waals surface area contributed by atoms with Crippen molar-refractivity contribution in [3.63, 3.8) is 0 Å². The molecule has 5 heteroatoms. The molecule has 0 fully saturated rings. The molecule has 4 nitrogen and oxygen atoms in total. The van der Waals surface area contributed by atoms with Gasteiger partial charge in [-0.05, 0) is 12.1 Å². The highest BCUT2D eigenvalue weighted by Gasteiger charge is 1.96. The zero-order valence-corrected chi connectivity index (χ0v) is 8.65. The number of hydrogen-bond acceptors (Lipinski definition) is 4. The van der Waals surface area contributed by atoms with Crippen LogP contribution in [0, 0.1) is 0 Å². The second-order valence-electron chi connectivity index (χ2n) is 2.90. The predicted molar refractivity (Wildman–Crippen MR) is 58.6 cm³/mol. The fourth-order valence-corrected chi connectivity index (χ4v) is 1.26. The number of hydrogen-bond donors (Lipinski definition) is 1. The number of rotatable bonds is 3. The molecule has 0 aliphatic rings. The van der Waals surface area contributed by atoms with Crippen LogP contribution in [-0.2, 0) is 6.54 Å². The average Bonchev–Trinajstić information content (AvgIpc) is 2.28. The van der Waals surface area contributed by atoms with E-state index in [9.17, 15) is 0 Å². The molecule has 76 valence electrons. The smallest absolute Gasteiger partial charge is 0.149 e. The topological polar surface area (TPSA) is 50.7 Å². The third-order valence-corrected chi connectivity index (χ3v) is 1.96. The summed E-state index contributed by atoms with van der Waals surface area (Å²) in [7, 11) is 0. The standard InChI is InChI=1S/C10H9ClN4/c11-9-6-12-7-10(15-9)14-5-8-3-1-2-4-13-8/h1-4,6-7H,5H2,(H,14,15). The van der Waals surface area contributed by atoms with E-state index in [4.69, 9.17) is 11.6 Å². The van der Waals surface area contributed by atoms with E-state index in [1.54, 1.807) is 12.4 Å². The van der Waals surface area contributed by atoms with Gasteiger partial charge in [0.15, 0.2) is 0 Å². The first-order chi connectivity index (χ1) is 7.34. The maximum atomic E-state index is 5.70. The van der Waals surface area contributed by atoms with Crippen molar-refractivity contribution in [2.75, 3.05) is 5.32 Å². The van der Waals surface area contributed by atoms with Gasteiger partial charge in [0, 0.05) is 6.20 Å². The number of pyridine rings is 1. The van der Waals surface area contributed by atoms with Crippen LogP contribution in [0.25, 0.3) is 0 Å². The first kappa shape index (κ1) is 9.86. The molecule has 1 N–H and O–H groups in total. The summed E-state index contributed by atoms with van der Waals surface area (Å²) in [5.74, 6) is 0.646. The SMILES string of the molecule is Clc1cncc(NCc2ccccn2)n1. The summed E-state index contributed by atoms with van der Waals surface area (Å²) in [4.78, 5) is 12.1. The Labute approximate surface area is 92.4 Å². The minimum atomic E-state index is 0.376. The van der Waals surface area contributed by atoms with E-state index in [2.05, 4.69) is 20.3 Å². The minimum absolute atomic E-state index is 0.376. The van der Waals surface area contributed by atoms with Gasteiger partial charge in [-0.3, -0.25) is 9.97 Å². The molecule has 2 heterocycles. The molecule has 0 aliphatic carbocycles. The number of nitrogens with one attached hydrogen (secondary N) is 1. The molecule has 15 heavy (non-hydrogen) atoms. The first-order valence-electron chi connectivity index (χ1n) is 4.46. The minimum Gasteiger partial charge on any atom is -0.363 e. The molecule has 2 rings (SSSR count). The molecule has 0 saturated heterocycles. The maximum absolute atomic E-state index is 5.70. The van der Waals surface area contributed by atoms with Gasteiger partial charge in [-0.2, -0.15) is 0 Å². The lowest BCUT2D eigenvalue weighted by Crippen LogP contribution is -2.03. The van der Waals surface area contributed by atoms with Crippen molar-refractivity contribution in [2.24, 2.45) is 0 Å². The van der Waals surface area contributed by atoms with Gasteiger partial charge in [0.25, 0.3) is 0 Å². The molecular weight excluding hydrogens is 212 g/mol. The van der Waals surface area contributed by atoms with Crippen LogP contribution in [0.15, 0.2) is 36.8 Å².